The molecule has 0 saturated carbocycles. The van der Waals surface area contributed by atoms with Gasteiger partial charge in [0.05, 0.1) is 9.80 Å². The van der Waals surface area contributed by atoms with Crippen molar-refractivity contribution >= 4 is 40.4 Å². The Bertz CT molecular complexity index is 1210. The van der Waals surface area contributed by atoms with Crippen molar-refractivity contribution in [3.05, 3.63) is 87.3 Å². The van der Waals surface area contributed by atoms with Crippen LogP contribution in [0.2, 0.25) is 0 Å². The van der Waals surface area contributed by atoms with Crippen molar-refractivity contribution in [2.24, 2.45) is 0 Å². The van der Waals surface area contributed by atoms with Gasteiger partial charge < -0.3 is 9.73 Å². The van der Waals surface area contributed by atoms with Gasteiger partial charge in [0.2, 0.25) is 5.91 Å². The number of nitrogens with zero attached hydrogens (tertiary/aromatic N) is 3. The molecule has 2 aromatic heterocycles. The highest BCUT2D eigenvalue weighted by atomic mass is 32.2. The molecule has 156 valence electrons. The normalized spacial score (nSPS) is 11.8. The molecule has 0 bridgehead atoms. The third kappa shape index (κ3) is 4.81. The lowest BCUT2D eigenvalue weighted by Gasteiger charge is -2.15. The van der Waals surface area contributed by atoms with E-state index in [0.29, 0.717) is 11.5 Å². The fourth-order valence-corrected chi connectivity index (χ4v) is 4.38. The van der Waals surface area contributed by atoms with E-state index in [1.54, 1.807) is 25.1 Å². The predicted molar refractivity (Wildman–Crippen MR) is 119 cm³/mol. The molecular weight excluding hydrogens is 436 g/mol. The molecule has 4 rings (SSSR count). The quantitative estimate of drug-likeness (QED) is 0.224. The van der Waals surface area contributed by atoms with E-state index >= 15 is 0 Å². The number of hydrogen-bond acceptors (Lipinski definition) is 8. The second-order valence-electron chi connectivity index (χ2n) is 6.53. The molecule has 0 spiro atoms. The number of thiophene rings is 1. The topological polar surface area (TPSA) is 111 Å². The van der Waals surface area contributed by atoms with Crippen LogP contribution in [-0.4, -0.2) is 21.0 Å². The van der Waals surface area contributed by atoms with Crippen molar-refractivity contribution in [1.82, 2.24) is 10.2 Å². The standard InChI is InChI=1S/C21H16N4O4S2/c1-13-9-10-15(16(12-13)25(27)28)22-19(26)18(14-6-3-2-4-7-14)31-21-24-23-20(29-21)17-8-5-11-30-17/h2-12,18H,1H3,(H,22,26). The van der Waals surface area contributed by atoms with E-state index < -0.39 is 16.1 Å². The summed E-state index contributed by atoms with van der Waals surface area (Å²) in [5, 5.41) is 23.6. The molecule has 31 heavy (non-hydrogen) atoms. The van der Waals surface area contributed by atoms with Gasteiger partial charge in [0, 0.05) is 6.07 Å². The van der Waals surface area contributed by atoms with E-state index in [1.165, 1.54) is 23.5 Å². The number of rotatable bonds is 7. The molecule has 2 aromatic carbocycles. The first-order valence-electron chi connectivity index (χ1n) is 9.16. The number of nitrogens with one attached hydrogen (secondary N) is 1. The summed E-state index contributed by atoms with van der Waals surface area (Å²) in [6.07, 6.45) is 0. The Hall–Kier alpha value is -3.50. The fourth-order valence-electron chi connectivity index (χ4n) is 2.86. The molecule has 0 aliphatic rings. The predicted octanol–water partition coefficient (Wildman–Crippen LogP) is 5.49. The zero-order chi connectivity index (χ0) is 21.8. The molecule has 0 fully saturated rings. The number of nitro benzene ring substituents is 1. The number of aromatic nitrogens is 2. The fraction of sp³-hybridized carbons (Fsp3) is 0.0952. The number of nitro groups is 1. The Morgan fingerprint density at radius 2 is 1.97 bits per heavy atom. The Morgan fingerprint density at radius 1 is 1.16 bits per heavy atom. The highest BCUT2D eigenvalue weighted by Crippen LogP contribution is 2.38. The van der Waals surface area contributed by atoms with Gasteiger partial charge in [-0.15, -0.1) is 21.5 Å². The second-order valence-corrected chi connectivity index (χ2v) is 8.53. The average molecular weight is 453 g/mol. The van der Waals surface area contributed by atoms with Crippen LogP contribution < -0.4 is 5.32 Å². The van der Waals surface area contributed by atoms with Gasteiger partial charge >= 0.3 is 0 Å². The van der Waals surface area contributed by atoms with E-state index in [2.05, 4.69) is 15.5 Å². The number of amides is 1. The molecule has 8 nitrogen and oxygen atoms in total. The maximum absolute atomic E-state index is 13.2. The van der Waals surface area contributed by atoms with Gasteiger partial charge in [-0.25, -0.2) is 0 Å². The summed E-state index contributed by atoms with van der Waals surface area (Å²) >= 11 is 2.56. The summed E-state index contributed by atoms with van der Waals surface area (Å²) in [4.78, 5) is 24.9. The molecular formula is C21H16N4O4S2. The zero-order valence-corrected chi connectivity index (χ0v) is 17.9. The Morgan fingerprint density at radius 3 is 2.68 bits per heavy atom. The van der Waals surface area contributed by atoms with E-state index in [4.69, 9.17) is 4.42 Å². The van der Waals surface area contributed by atoms with E-state index in [9.17, 15) is 14.9 Å². The van der Waals surface area contributed by atoms with E-state index in [0.717, 1.165) is 22.2 Å². The van der Waals surface area contributed by atoms with Crippen LogP contribution >= 0.6 is 23.1 Å². The molecule has 1 atom stereocenters. The second kappa shape index (κ2) is 9.11. The minimum absolute atomic E-state index is 0.131. The molecule has 10 heteroatoms. The van der Waals surface area contributed by atoms with Crippen LogP contribution in [0.25, 0.3) is 10.8 Å². The van der Waals surface area contributed by atoms with Crippen LogP contribution in [0.5, 0.6) is 0 Å². The summed E-state index contributed by atoms with van der Waals surface area (Å²) in [7, 11) is 0. The lowest BCUT2D eigenvalue weighted by molar-refractivity contribution is -0.384. The van der Waals surface area contributed by atoms with Crippen LogP contribution in [0.3, 0.4) is 0 Å². The zero-order valence-electron chi connectivity index (χ0n) is 16.2. The van der Waals surface area contributed by atoms with Crippen molar-refractivity contribution in [3.8, 4) is 10.8 Å². The largest absolute Gasteiger partial charge is 0.410 e. The lowest BCUT2D eigenvalue weighted by atomic mass is 10.1. The third-order valence-electron chi connectivity index (χ3n) is 4.31. The highest BCUT2D eigenvalue weighted by Gasteiger charge is 2.27. The number of carbonyl (C=O) groups excluding carboxylic acids is 1. The summed E-state index contributed by atoms with van der Waals surface area (Å²) < 4.78 is 5.72. The van der Waals surface area contributed by atoms with Gasteiger partial charge in [-0.1, -0.05) is 42.5 Å². The molecule has 0 aliphatic carbocycles. The van der Waals surface area contributed by atoms with Crippen LogP contribution in [0, 0.1) is 17.0 Å². The van der Waals surface area contributed by atoms with Crippen molar-refractivity contribution in [1.29, 1.82) is 0 Å². The Kier molecular flexibility index (Phi) is 6.10. The molecule has 4 aromatic rings. The average Bonchev–Trinajstić information content (AvgIpc) is 3.45. The monoisotopic (exact) mass is 452 g/mol. The summed E-state index contributed by atoms with van der Waals surface area (Å²) in [6, 6.07) is 17.5. The van der Waals surface area contributed by atoms with Gasteiger partial charge in [0.1, 0.15) is 10.9 Å². The number of thioether (sulfide) groups is 1. The van der Waals surface area contributed by atoms with Crippen LogP contribution in [-0.2, 0) is 4.79 Å². The molecule has 1 N–H and O–H groups in total. The summed E-state index contributed by atoms with van der Waals surface area (Å²) in [5.74, 6) is -0.0575. The third-order valence-corrected chi connectivity index (χ3v) is 6.25. The number of anilines is 1. The molecule has 0 saturated heterocycles. The van der Waals surface area contributed by atoms with Gasteiger partial charge in [0.15, 0.2) is 0 Å². The van der Waals surface area contributed by atoms with Gasteiger partial charge in [0.25, 0.3) is 16.8 Å². The van der Waals surface area contributed by atoms with Crippen molar-refractivity contribution in [2.45, 2.75) is 17.4 Å². The smallest absolute Gasteiger partial charge is 0.293 e. The Labute approximate surface area is 185 Å². The molecule has 0 radical (unpaired) electrons. The van der Waals surface area contributed by atoms with Gasteiger partial charge in [-0.3, -0.25) is 14.9 Å². The van der Waals surface area contributed by atoms with Crippen molar-refractivity contribution < 1.29 is 14.1 Å². The van der Waals surface area contributed by atoms with Crippen LogP contribution in [0.15, 0.2) is 75.7 Å². The highest BCUT2D eigenvalue weighted by molar-refractivity contribution is 8.00. The number of carbonyl (C=O) groups is 1. The SMILES string of the molecule is Cc1ccc(NC(=O)C(Sc2nnc(-c3cccs3)o2)c2ccccc2)c([N+](=O)[O-])c1. The minimum Gasteiger partial charge on any atom is -0.410 e. The van der Waals surface area contributed by atoms with Gasteiger partial charge in [-0.05, 0) is 47.3 Å². The number of benzene rings is 2. The molecule has 2 heterocycles. The maximum atomic E-state index is 13.2. The van der Waals surface area contributed by atoms with Crippen molar-refractivity contribution in [2.75, 3.05) is 5.32 Å². The van der Waals surface area contributed by atoms with Crippen LogP contribution in [0.1, 0.15) is 16.4 Å². The Balaban J connectivity index is 1.62. The first-order chi connectivity index (χ1) is 15.0. The van der Waals surface area contributed by atoms with Crippen LogP contribution in [0.4, 0.5) is 11.4 Å². The summed E-state index contributed by atoms with van der Waals surface area (Å²) in [6.45, 7) is 1.75. The molecule has 1 unspecified atom stereocenters. The minimum atomic E-state index is -0.751. The van der Waals surface area contributed by atoms with E-state index in [1.807, 2.05) is 35.7 Å². The number of hydrogen-bond donors (Lipinski definition) is 1. The van der Waals surface area contributed by atoms with E-state index in [-0.39, 0.29) is 16.6 Å². The number of aryl methyl sites for hydroxylation is 1. The summed E-state index contributed by atoms with van der Waals surface area (Å²) in [5.41, 5.74) is 1.40. The van der Waals surface area contributed by atoms with Crippen molar-refractivity contribution in [3.63, 3.8) is 0 Å². The maximum Gasteiger partial charge on any atom is 0.293 e. The molecule has 1 amide bonds. The van der Waals surface area contributed by atoms with Gasteiger partial charge in [-0.2, -0.15) is 0 Å². The lowest BCUT2D eigenvalue weighted by Crippen LogP contribution is -2.19. The molecule has 0 aliphatic heterocycles. The first kappa shape index (κ1) is 20.8. The first-order valence-corrected chi connectivity index (χ1v) is 10.9.